The molecule has 2 saturated carbocycles. The van der Waals surface area contributed by atoms with Gasteiger partial charge >= 0.3 is 0 Å². The van der Waals surface area contributed by atoms with Crippen molar-refractivity contribution in [3.63, 3.8) is 0 Å². The zero-order valence-corrected chi connectivity index (χ0v) is 13.0. The summed E-state index contributed by atoms with van der Waals surface area (Å²) in [5.74, 6) is 5.24. The number of phenols is 1. The highest BCUT2D eigenvalue weighted by molar-refractivity contribution is 5.99. The topological polar surface area (TPSA) is 37.3 Å². The number of Topliss-reactive ketones (excluding diaryl/α,β-unsaturated/α-hetero) is 1. The van der Waals surface area contributed by atoms with Crippen LogP contribution < -0.4 is 0 Å². The lowest BCUT2D eigenvalue weighted by Crippen LogP contribution is -2.43. The smallest absolute Gasteiger partial charge is 0.163 e. The lowest BCUT2D eigenvalue weighted by atomic mass is 9.54. The molecule has 114 valence electrons. The SMILES string of the molecule is C#C[C@H]1CC[C@H]2[C@@H]3CC(=O)c4cc(O)ccc4[C@H]3CC[C@]12C. The Bertz CT molecular complexity index is 683. The lowest BCUT2D eigenvalue weighted by Gasteiger charge is -2.49. The first-order chi connectivity index (χ1) is 10.5. The summed E-state index contributed by atoms with van der Waals surface area (Å²) in [6, 6.07) is 5.34. The van der Waals surface area contributed by atoms with Gasteiger partial charge in [-0.25, -0.2) is 0 Å². The molecule has 5 atom stereocenters. The van der Waals surface area contributed by atoms with Crippen LogP contribution in [0, 0.1) is 35.5 Å². The first-order valence-corrected chi connectivity index (χ1v) is 8.37. The number of ketones is 1. The van der Waals surface area contributed by atoms with Crippen LogP contribution in [0.2, 0.25) is 0 Å². The Hall–Kier alpha value is -1.75. The second-order valence-corrected chi connectivity index (χ2v) is 7.62. The van der Waals surface area contributed by atoms with E-state index in [2.05, 4.69) is 12.8 Å². The Kier molecular flexibility index (Phi) is 2.92. The number of benzene rings is 1. The molecular weight excluding hydrogens is 272 g/mol. The van der Waals surface area contributed by atoms with Crippen LogP contribution in [0.4, 0.5) is 0 Å². The van der Waals surface area contributed by atoms with Crippen LogP contribution >= 0.6 is 0 Å². The maximum absolute atomic E-state index is 12.6. The first kappa shape index (κ1) is 13.9. The number of hydrogen-bond acceptors (Lipinski definition) is 2. The fraction of sp³-hybridized carbons (Fsp3) is 0.550. The van der Waals surface area contributed by atoms with Crippen LogP contribution in [0.15, 0.2) is 18.2 Å². The molecule has 2 heteroatoms. The quantitative estimate of drug-likeness (QED) is 0.730. The Labute approximate surface area is 131 Å². The molecule has 0 bridgehead atoms. The molecule has 0 radical (unpaired) electrons. The Balaban J connectivity index is 1.76. The van der Waals surface area contributed by atoms with Gasteiger partial charge in [0, 0.05) is 17.9 Å². The van der Waals surface area contributed by atoms with Crippen molar-refractivity contribution in [2.24, 2.45) is 23.2 Å². The minimum atomic E-state index is 0.194. The van der Waals surface area contributed by atoms with E-state index in [0.717, 1.165) is 36.8 Å². The number of carbonyl (C=O) groups excluding carboxylic acids is 1. The molecule has 0 amide bonds. The maximum Gasteiger partial charge on any atom is 0.163 e. The van der Waals surface area contributed by atoms with Gasteiger partial charge in [-0.15, -0.1) is 12.3 Å². The molecule has 0 spiro atoms. The second kappa shape index (κ2) is 4.62. The highest BCUT2D eigenvalue weighted by atomic mass is 16.3. The van der Waals surface area contributed by atoms with E-state index in [1.807, 2.05) is 6.07 Å². The van der Waals surface area contributed by atoms with Crippen LogP contribution in [0.5, 0.6) is 5.75 Å². The van der Waals surface area contributed by atoms with Crippen molar-refractivity contribution < 1.29 is 9.90 Å². The minimum Gasteiger partial charge on any atom is -0.508 e. The van der Waals surface area contributed by atoms with Gasteiger partial charge in [-0.2, -0.15) is 0 Å². The van der Waals surface area contributed by atoms with Crippen molar-refractivity contribution >= 4 is 5.78 Å². The van der Waals surface area contributed by atoms with E-state index < -0.39 is 0 Å². The van der Waals surface area contributed by atoms with Gasteiger partial charge in [0.05, 0.1) is 0 Å². The van der Waals surface area contributed by atoms with Gasteiger partial charge in [-0.3, -0.25) is 4.79 Å². The van der Waals surface area contributed by atoms with Gasteiger partial charge < -0.3 is 5.11 Å². The molecule has 1 aromatic carbocycles. The third-order valence-electron chi connectivity index (χ3n) is 6.80. The third-order valence-corrected chi connectivity index (χ3v) is 6.80. The van der Waals surface area contributed by atoms with Crippen molar-refractivity contribution in [3.8, 4) is 18.1 Å². The van der Waals surface area contributed by atoms with Crippen LogP contribution in [0.25, 0.3) is 0 Å². The number of hydrogen-bond donors (Lipinski definition) is 1. The fourth-order valence-corrected chi connectivity index (χ4v) is 5.67. The normalized spacial score (nSPS) is 39.5. The minimum absolute atomic E-state index is 0.194. The highest BCUT2D eigenvalue weighted by Crippen LogP contribution is 2.62. The number of aromatic hydroxyl groups is 1. The van der Waals surface area contributed by atoms with Gasteiger partial charge in [0.1, 0.15) is 5.75 Å². The standard InChI is InChI=1S/C20H22O2/c1-3-12-4-7-18-16-11-19(22)17-10-13(21)5-6-14(17)15(16)8-9-20(12,18)2/h1,5-6,10,12,15-16,18,21H,4,7-9,11H2,2H3/t12-,15+,16+,18-,20+/m0/s1. The average Bonchev–Trinajstić information content (AvgIpc) is 2.84. The summed E-state index contributed by atoms with van der Waals surface area (Å²) in [5, 5.41) is 9.69. The molecule has 4 rings (SSSR count). The zero-order chi connectivity index (χ0) is 15.5. The van der Waals surface area contributed by atoms with Gasteiger partial charge in [-0.1, -0.05) is 13.0 Å². The molecule has 2 nitrogen and oxygen atoms in total. The van der Waals surface area contributed by atoms with Crippen LogP contribution in [-0.2, 0) is 0 Å². The summed E-state index contributed by atoms with van der Waals surface area (Å²) in [4.78, 5) is 12.6. The molecule has 0 aromatic heterocycles. The average molecular weight is 294 g/mol. The first-order valence-electron chi connectivity index (χ1n) is 8.37. The molecule has 0 heterocycles. The summed E-state index contributed by atoms with van der Waals surface area (Å²) in [6.45, 7) is 2.35. The fourth-order valence-electron chi connectivity index (χ4n) is 5.67. The lowest BCUT2D eigenvalue weighted by molar-refractivity contribution is 0.0404. The van der Waals surface area contributed by atoms with Crippen LogP contribution in [0.1, 0.15) is 60.9 Å². The van der Waals surface area contributed by atoms with E-state index in [0.29, 0.717) is 30.1 Å². The van der Waals surface area contributed by atoms with E-state index >= 15 is 0 Å². The summed E-state index contributed by atoms with van der Waals surface area (Å²) in [5.41, 5.74) is 2.12. The molecule has 1 N–H and O–H groups in total. The van der Waals surface area contributed by atoms with Gasteiger partial charge in [-0.05, 0) is 66.5 Å². The largest absolute Gasteiger partial charge is 0.508 e. The monoisotopic (exact) mass is 294 g/mol. The second-order valence-electron chi connectivity index (χ2n) is 7.62. The van der Waals surface area contributed by atoms with E-state index in [-0.39, 0.29) is 16.9 Å². The van der Waals surface area contributed by atoms with Crippen molar-refractivity contribution in [2.45, 2.75) is 44.9 Å². The molecule has 0 unspecified atom stereocenters. The Morgan fingerprint density at radius 3 is 2.91 bits per heavy atom. The Morgan fingerprint density at radius 1 is 1.32 bits per heavy atom. The summed E-state index contributed by atoms with van der Waals surface area (Å²) >= 11 is 0. The van der Waals surface area contributed by atoms with Gasteiger partial charge in [0.25, 0.3) is 0 Å². The Morgan fingerprint density at radius 2 is 2.14 bits per heavy atom. The van der Waals surface area contributed by atoms with Crippen LogP contribution in [-0.4, -0.2) is 10.9 Å². The molecule has 0 aliphatic heterocycles. The van der Waals surface area contributed by atoms with E-state index in [1.54, 1.807) is 12.1 Å². The van der Waals surface area contributed by atoms with Gasteiger partial charge in [0.2, 0.25) is 0 Å². The molecule has 2 fully saturated rings. The number of carbonyl (C=O) groups is 1. The molecule has 22 heavy (non-hydrogen) atoms. The maximum atomic E-state index is 12.6. The van der Waals surface area contributed by atoms with Gasteiger partial charge in [0.15, 0.2) is 5.78 Å². The van der Waals surface area contributed by atoms with Crippen molar-refractivity contribution in [1.29, 1.82) is 0 Å². The number of phenolic OH excluding ortho intramolecular Hbond substituents is 1. The van der Waals surface area contributed by atoms with Crippen molar-refractivity contribution in [2.75, 3.05) is 0 Å². The number of terminal acetylenes is 1. The van der Waals surface area contributed by atoms with Crippen LogP contribution in [0.3, 0.4) is 0 Å². The predicted octanol–water partition coefficient (Wildman–Crippen LogP) is 4.14. The number of fused-ring (bicyclic) bond motifs is 5. The van der Waals surface area contributed by atoms with E-state index in [1.165, 1.54) is 0 Å². The van der Waals surface area contributed by atoms with E-state index in [4.69, 9.17) is 6.42 Å². The number of rotatable bonds is 0. The summed E-state index contributed by atoms with van der Waals surface area (Å²) in [7, 11) is 0. The molecule has 1 aromatic rings. The molecular formula is C20H22O2. The zero-order valence-electron chi connectivity index (χ0n) is 13.0. The molecule has 3 aliphatic carbocycles. The molecule has 3 aliphatic rings. The van der Waals surface area contributed by atoms with E-state index in [9.17, 15) is 9.90 Å². The summed E-state index contributed by atoms with van der Waals surface area (Å²) in [6.07, 6.45) is 10.9. The molecule has 0 saturated heterocycles. The highest BCUT2D eigenvalue weighted by Gasteiger charge is 2.55. The van der Waals surface area contributed by atoms with Crippen molar-refractivity contribution in [3.05, 3.63) is 29.3 Å². The summed E-state index contributed by atoms with van der Waals surface area (Å²) < 4.78 is 0. The van der Waals surface area contributed by atoms with Crippen molar-refractivity contribution in [1.82, 2.24) is 0 Å². The third kappa shape index (κ3) is 1.72. The predicted molar refractivity (Wildman–Crippen MR) is 85.7 cm³/mol.